The number of benzene rings is 1. The quantitative estimate of drug-likeness (QED) is 0.648. The van der Waals surface area contributed by atoms with Gasteiger partial charge in [0.2, 0.25) is 0 Å². The van der Waals surface area contributed by atoms with Crippen molar-refractivity contribution in [3.8, 4) is 0 Å². The maximum atomic E-state index is 5.16. The molecule has 1 aromatic carbocycles. The summed E-state index contributed by atoms with van der Waals surface area (Å²) in [6, 6.07) is 8.83. The molecule has 0 amide bonds. The van der Waals surface area contributed by atoms with Gasteiger partial charge >= 0.3 is 0 Å². The molecule has 0 aromatic heterocycles. The van der Waals surface area contributed by atoms with Crippen molar-refractivity contribution >= 4 is 0 Å². The minimum Gasteiger partial charge on any atom is -0.380 e. The van der Waals surface area contributed by atoms with Gasteiger partial charge in [0.15, 0.2) is 0 Å². The minimum atomic E-state index is 0.663. The normalized spacial score (nSPS) is 17.4. The Morgan fingerprint density at radius 3 is 2.83 bits per heavy atom. The Kier molecular flexibility index (Phi) is 2.13. The van der Waals surface area contributed by atoms with Gasteiger partial charge < -0.3 is 4.74 Å². The first-order chi connectivity index (χ1) is 5.90. The Labute approximate surface area is 73.4 Å². The summed E-state index contributed by atoms with van der Waals surface area (Å²) in [5.74, 6) is 0.663. The van der Waals surface area contributed by atoms with Gasteiger partial charge in [0.1, 0.15) is 0 Å². The fourth-order valence-corrected chi connectivity index (χ4v) is 1.50. The Morgan fingerprint density at radius 1 is 1.42 bits per heavy atom. The van der Waals surface area contributed by atoms with Crippen molar-refractivity contribution in [3.63, 3.8) is 0 Å². The zero-order valence-corrected chi connectivity index (χ0v) is 7.42. The third-order valence-electron chi connectivity index (χ3n) is 2.47. The molecule has 0 radical (unpaired) electrons. The predicted octanol–water partition coefficient (Wildman–Crippen LogP) is 2.36. The topological polar surface area (TPSA) is 9.23 Å². The van der Waals surface area contributed by atoms with E-state index < -0.39 is 0 Å². The summed E-state index contributed by atoms with van der Waals surface area (Å²) in [5, 5.41) is 0. The largest absolute Gasteiger partial charge is 0.380 e. The first kappa shape index (κ1) is 7.81. The molecule has 12 heavy (non-hydrogen) atoms. The van der Waals surface area contributed by atoms with E-state index in [0.717, 1.165) is 19.6 Å². The molecule has 0 unspecified atom stereocenters. The van der Waals surface area contributed by atoms with E-state index in [1.807, 2.05) is 0 Å². The molecule has 1 nitrogen and oxygen atoms in total. The van der Waals surface area contributed by atoms with Crippen LogP contribution in [0.3, 0.4) is 0 Å². The van der Waals surface area contributed by atoms with E-state index in [4.69, 9.17) is 4.74 Å². The van der Waals surface area contributed by atoms with E-state index in [0.29, 0.717) is 5.92 Å². The third-order valence-corrected chi connectivity index (χ3v) is 2.47. The lowest BCUT2D eigenvalue weighted by molar-refractivity contribution is 0.00840. The Bertz CT molecular complexity index is 263. The standard InChI is InChI=1S/C11H14O/c1-2-9-4-3-5-10(6-9)11-7-12-8-11/h3-6,11H,2,7-8H2,1H3. The highest BCUT2D eigenvalue weighted by molar-refractivity contribution is 5.27. The van der Waals surface area contributed by atoms with Gasteiger partial charge in [-0.15, -0.1) is 0 Å². The Morgan fingerprint density at radius 2 is 2.25 bits per heavy atom. The van der Waals surface area contributed by atoms with Crippen LogP contribution in [0.25, 0.3) is 0 Å². The van der Waals surface area contributed by atoms with Gasteiger partial charge in [0.05, 0.1) is 13.2 Å². The summed E-state index contributed by atoms with van der Waals surface area (Å²) in [4.78, 5) is 0. The fraction of sp³-hybridized carbons (Fsp3) is 0.455. The van der Waals surface area contributed by atoms with Crippen LogP contribution in [0.4, 0.5) is 0 Å². The van der Waals surface area contributed by atoms with Crippen LogP contribution in [0, 0.1) is 0 Å². The molecule has 64 valence electrons. The molecule has 1 saturated heterocycles. The van der Waals surface area contributed by atoms with Crippen molar-refractivity contribution in [2.24, 2.45) is 0 Å². The van der Waals surface area contributed by atoms with Crippen molar-refractivity contribution in [3.05, 3.63) is 35.4 Å². The molecule has 0 bridgehead atoms. The van der Waals surface area contributed by atoms with E-state index in [2.05, 4.69) is 31.2 Å². The van der Waals surface area contributed by atoms with E-state index in [1.54, 1.807) is 0 Å². The van der Waals surface area contributed by atoms with E-state index >= 15 is 0 Å². The zero-order valence-electron chi connectivity index (χ0n) is 7.42. The summed E-state index contributed by atoms with van der Waals surface area (Å²) in [7, 11) is 0. The van der Waals surface area contributed by atoms with E-state index in [9.17, 15) is 0 Å². The van der Waals surface area contributed by atoms with Gasteiger partial charge in [-0.2, -0.15) is 0 Å². The second-order valence-electron chi connectivity index (χ2n) is 3.33. The summed E-state index contributed by atoms with van der Waals surface area (Å²) in [5.41, 5.74) is 2.88. The molecule has 1 aliphatic rings. The van der Waals surface area contributed by atoms with Crippen LogP contribution < -0.4 is 0 Å². The van der Waals surface area contributed by atoms with Crippen LogP contribution in [0.1, 0.15) is 24.0 Å². The Balaban J connectivity index is 2.19. The Hall–Kier alpha value is -0.820. The van der Waals surface area contributed by atoms with Crippen molar-refractivity contribution < 1.29 is 4.74 Å². The van der Waals surface area contributed by atoms with Crippen LogP contribution in [0.5, 0.6) is 0 Å². The molecule has 1 fully saturated rings. The molecule has 1 heterocycles. The predicted molar refractivity (Wildman–Crippen MR) is 49.4 cm³/mol. The van der Waals surface area contributed by atoms with Gasteiger partial charge in [-0.25, -0.2) is 0 Å². The van der Waals surface area contributed by atoms with Gasteiger partial charge in [-0.3, -0.25) is 0 Å². The molecule has 0 saturated carbocycles. The number of hydrogen-bond acceptors (Lipinski definition) is 1. The minimum absolute atomic E-state index is 0.663. The smallest absolute Gasteiger partial charge is 0.0557 e. The van der Waals surface area contributed by atoms with Crippen LogP contribution in [0.15, 0.2) is 24.3 Å². The van der Waals surface area contributed by atoms with Crippen LogP contribution >= 0.6 is 0 Å². The summed E-state index contributed by atoms with van der Waals surface area (Å²) < 4.78 is 5.16. The molecular formula is C11H14O. The molecule has 1 aromatic rings. The van der Waals surface area contributed by atoms with Gasteiger partial charge in [0, 0.05) is 5.92 Å². The van der Waals surface area contributed by atoms with Crippen molar-refractivity contribution in [1.82, 2.24) is 0 Å². The lowest BCUT2D eigenvalue weighted by atomic mass is 9.95. The molecule has 0 atom stereocenters. The van der Waals surface area contributed by atoms with Crippen molar-refractivity contribution in [2.75, 3.05) is 13.2 Å². The van der Waals surface area contributed by atoms with Crippen molar-refractivity contribution in [2.45, 2.75) is 19.3 Å². The average molecular weight is 162 g/mol. The molecule has 0 N–H and O–H groups in total. The maximum Gasteiger partial charge on any atom is 0.0557 e. The molecule has 1 heteroatoms. The van der Waals surface area contributed by atoms with Crippen LogP contribution in [0.2, 0.25) is 0 Å². The number of aryl methyl sites for hydroxylation is 1. The molecule has 0 aliphatic carbocycles. The van der Waals surface area contributed by atoms with E-state index in [1.165, 1.54) is 11.1 Å². The first-order valence-corrected chi connectivity index (χ1v) is 4.56. The highest BCUT2D eigenvalue weighted by Crippen LogP contribution is 2.24. The molecule has 0 spiro atoms. The summed E-state index contributed by atoms with van der Waals surface area (Å²) >= 11 is 0. The van der Waals surface area contributed by atoms with Gasteiger partial charge in [-0.05, 0) is 17.5 Å². The lowest BCUT2D eigenvalue weighted by Crippen LogP contribution is -2.25. The van der Waals surface area contributed by atoms with E-state index in [-0.39, 0.29) is 0 Å². The SMILES string of the molecule is CCc1cccc(C2COC2)c1. The number of rotatable bonds is 2. The number of ether oxygens (including phenoxy) is 1. The summed E-state index contributed by atoms with van der Waals surface area (Å²) in [6.07, 6.45) is 1.13. The second-order valence-corrected chi connectivity index (χ2v) is 3.33. The van der Waals surface area contributed by atoms with Crippen LogP contribution in [-0.4, -0.2) is 13.2 Å². The van der Waals surface area contributed by atoms with Crippen LogP contribution in [-0.2, 0) is 11.2 Å². The molecular weight excluding hydrogens is 148 g/mol. The second kappa shape index (κ2) is 3.28. The monoisotopic (exact) mass is 162 g/mol. The summed E-state index contributed by atoms with van der Waals surface area (Å²) in [6.45, 7) is 4.01. The zero-order chi connectivity index (χ0) is 8.39. The van der Waals surface area contributed by atoms with Gasteiger partial charge in [-0.1, -0.05) is 31.2 Å². The lowest BCUT2D eigenvalue weighted by Gasteiger charge is -2.26. The average Bonchev–Trinajstić information content (AvgIpc) is 2.02. The van der Waals surface area contributed by atoms with Crippen molar-refractivity contribution in [1.29, 1.82) is 0 Å². The molecule has 1 aliphatic heterocycles. The highest BCUT2D eigenvalue weighted by atomic mass is 16.5. The van der Waals surface area contributed by atoms with Gasteiger partial charge in [0.25, 0.3) is 0 Å². The number of hydrogen-bond donors (Lipinski definition) is 0. The maximum absolute atomic E-state index is 5.16. The first-order valence-electron chi connectivity index (χ1n) is 4.56. The molecule has 2 rings (SSSR count). The highest BCUT2D eigenvalue weighted by Gasteiger charge is 2.19. The third kappa shape index (κ3) is 1.37. The fourth-order valence-electron chi connectivity index (χ4n) is 1.50.